The minimum absolute atomic E-state index is 0.487. The third kappa shape index (κ3) is 1.42. The van der Waals surface area contributed by atoms with E-state index in [1.165, 1.54) is 0 Å². The van der Waals surface area contributed by atoms with Gasteiger partial charge in [0.15, 0.2) is 0 Å². The average molecular weight is 182 g/mol. The highest BCUT2D eigenvalue weighted by Crippen LogP contribution is 2.16. The van der Waals surface area contributed by atoms with Crippen molar-refractivity contribution in [3.63, 3.8) is 0 Å². The third-order valence-electron chi connectivity index (χ3n) is 2.08. The normalized spacial score (nSPS) is 10.0. The molecule has 2 nitrogen and oxygen atoms in total. The second kappa shape index (κ2) is 3.42. The number of hydrogen-bond acceptors (Lipinski definition) is 2. The number of benzene rings is 2. The van der Waals surface area contributed by atoms with E-state index in [1.54, 1.807) is 24.3 Å². The summed E-state index contributed by atoms with van der Waals surface area (Å²) < 4.78 is 0. The first kappa shape index (κ1) is 8.63. The van der Waals surface area contributed by atoms with E-state index in [0.717, 1.165) is 10.8 Å². The molecule has 2 heteroatoms. The van der Waals surface area contributed by atoms with Gasteiger partial charge < -0.3 is 0 Å². The largest absolute Gasteiger partial charge is 0.285 e. The SMILES string of the molecule is O=[C]c1ccc2ccc([C]=O)cc2c1. The van der Waals surface area contributed by atoms with Crippen LogP contribution in [0.2, 0.25) is 0 Å². The van der Waals surface area contributed by atoms with Crippen LogP contribution in [0.3, 0.4) is 0 Å². The van der Waals surface area contributed by atoms with Crippen molar-refractivity contribution in [2.24, 2.45) is 0 Å². The molecule has 0 N–H and O–H groups in total. The zero-order chi connectivity index (χ0) is 9.97. The molecule has 0 saturated carbocycles. The van der Waals surface area contributed by atoms with Crippen molar-refractivity contribution < 1.29 is 9.59 Å². The van der Waals surface area contributed by atoms with E-state index in [1.807, 2.05) is 24.7 Å². The van der Waals surface area contributed by atoms with E-state index >= 15 is 0 Å². The highest BCUT2D eigenvalue weighted by molar-refractivity contribution is 5.92. The summed E-state index contributed by atoms with van der Waals surface area (Å²) in [5, 5.41) is 1.84. The van der Waals surface area contributed by atoms with Gasteiger partial charge >= 0.3 is 0 Å². The zero-order valence-electron chi connectivity index (χ0n) is 7.28. The first-order valence-electron chi connectivity index (χ1n) is 4.13. The van der Waals surface area contributed by atoms with Gasteiger partial charge in [-0.3, -0.25) is 9.59 Å². The molecule has 0 heterocycles. The summed E-state index contributed by atoms with van der Waals surface area (Å²) in [5.74, 6) is 0. The number of rotatable bonds is 2. The molecule has 2 radical (unpaired) electrons. The van der Waals surface area contributed by atoms with Crippen LogP contribution in [0.5, 0.6) is 0 Å². The van der Waals surface area contributed by atoms with Crippen LogP contribution in [0, 0.1) is 0 Å². The van der Waals surface area contributed by atoms with E-state index < -0.39 is 0 Å². The van der Waals surface area contributed by atoms with E-state index in [9.17, 15) is 9.59 Å². The van der Waals surface area contributed by atoms with Gasteiger partial charge in [-0.25, -0.2) is 0 Å². The Kier molecular flexibility index (Phi) is 2.11. The smallest absolute Gasteiger partial charge is 0.233 e. The molecule has 0 aliphatic carbocycles. The summed E-state index contributed by atoms with van der Waals surface area (Å²) in [7, 11) is 0. The number of fused-ring (bicyclic) bond motifs is 1. The number of carbonyl (C=O) groups excluding carboxylic acids is 2. The van der Waals surface area contributed by atoms with Crippen molar-refractivity contribution >= 4 is 23.3 Å². The quantitative estimate of drug-likeness (QED) is 0.709. The molecule has 0 amide bonds. The first-order chi connectivity index (χ1) is 6.83. The maximum Gasteiger partial charge on any atom is 0.233 e. The molecule has 0 aliphatic heterocycles. The molecular weight excluding hydrogens is 176 g/mol. The molecule has 0 saturated heterocycles. The van der Waals surface area contributed by atoms with Gasteiger partial charge in [0.25, 0.3) is 0 Å². The first-order valence-corrected chi connectivity index (χ1v) is 4.13. The van der Waals surface area contributed by atoms with E-state index in [2.05, 4.69) is 0 Å². The maximum absolute atomic E-state index is 10.4. The van der Waals surface area contributed by atoms with Crippen molar-refractivity contribution in [2.75, 3.05) is 0 Å². The van der Waals surface area contributed by atoms with E-state index in [4.69, 9.17) is 0 Å². The van der Waals surface area contributed by atoms with Gasteiger partial charge in [-0.15, -0.1) is 0 Å². The third-order valence-corrected chi connectivity index (χ3v) is 2.08. The van der Waals surface area contributed by atoms with Crippen LogP contribution >= 0.6 is 0 Å². The Morgan fingerprint density at radius 1 is 0.714 bits per heavy atom. The molecule has 66 valence electrons. The second-order valence-electron chi connectivity index (χ2n) is 2.98. The summed E-state index contributed by atoms with van der Waals surface area (Å²) >= 11 is 0. The van der Waals surface area contributed by atoms with E-state index in [-0.39, 0.29) is 0 Å². The second-order valence-corrected chi connectivity index (χ2v) is 2.98. The molecule has 2 rings (SSSR count). The predicted molar refractivity (Wildman–Crippen MR) is 53.5 cm³/mol. The lowest BCUT2D eigenvalue weighted by molar-refractivity contribution is 0.562. The molecule has 0 bridgehead atoms. The molecule has 14 heavy (non-hydrogen) atoms. The summed E-state index contributed by atoms with van der Waals surface area (Å²) in [5.41, 5.74) is 0.973. The lowest BCUT2D eigenvalue weighted by atomic mass is 10.1. The van der Waals surface area contributed by atoms with Crippen molar-refractivity contribution in [1.29, 1.82) is 0 Å². The Morgan fingerprint density at radius 3 is 1.64 bits per heavy atom. The Labute approximate surface area is 81.2 Å². The fraction of sp³-hybridized carbons (Fsp3) is 0. The molecule has 0 unspecified atom stereocenters. The monoisotopic (exact) mass is 182 g/mol. The van der Waals surface area contributed by atoms with Crippen molar-refractivity contribution in [1.82, 2.24) is 0 Å². The van der Waals surface area contributed by atoms with Crippen LogP contribution < -0.4 is 0 Å². The Balaban J connectivity index is 2.71. The van der Waals surface area contributed by atoms with Gasteiger partial charge in [-0.05, 0) is 22.9 Å². The molecular formula is C12H6O2. The van der Waals surface area contributed by atoms with Gasteiger partial charge in [-0.1, -0.05) is 24.3 Å². The molecule has 2 aromatic carbocycles. The molecule has 0 fully saturated rings. The Hall–Kier alpha value is -1.96. The Morgan fingerprint density at radius 2 is 1.21 bits per heavy atom. The minimum Gasteiger partial charge on any atom is -0.285 e. The minimum atomic E-state index is 0.487. The fourth-order valence-electron chi connectivity index (χ4n) is 1.37. The van der Waals surface area contributed by atoms with Gasteiger partial charge in [0.05, 0.1) is 0 Å². The van der Waals surface area contributed by atoms with E-state index in [0.29, 0.717) is 11.1 Å². The maximum atomic E-state index is 10.4. The molecule has 2 aromatic rings. The van der Waals surface area contributed by atoms with Crippen LogP contribution in [0.15, 0.2) is 36.4 Å². The molecule has 0 atom stereocenters. The summed E-state index contributed by atoms with van der Waals surface area (Å²) in [6.45, 7) is 0. The summed E-state index contributed by atoms with van der Waals surface area (Å²) in [4.78, 5) is 20.8. The van der Waals surface area contributed by atoms with Gasteiger partial charge in [0.1, 0.15) is 0 Å². The number of hydrogen-bond donors (Lipinski definition) is 0. The summed E-state index contributed by atoms with van der Waals surface area (Å²) in [6, 6.07) is 10.4. The highest BCUT2D eigenvalue weighted by Gasteiger charge is 1.98. The van der Waals surface area contributed by atoms with Crippen LogP contribution in [0.25, 0.3) is 10.8 Å². The average Bonchev–Trinajstić information content (AvgIpc) is 2.27. The lowest BCUT2D eigenvalue weighted by Gasteiger charge is -1.98. The van der Waals surface area contributed by atoms with Gasteiger partial charge in [0, 0.05) is 11.1 Å². The topological polar surface area (TPSA) is 34.1 Å². The lowest BCUT2D eigenvalue weighted by Crippen LogP contribution is -1.83. The van der Waals surface area contributed by atoms with Crippen LogP contribution in [-0.4, -0.2) is 12.6 Å². The predicted octanol–water partition coefficient (Wildman–Crippen LogP) is 1.76. The van der Waals surface area contributed by atoms with Crippen molar-refractivity contribution in [3.8, 4) is 0 Å². The summed E-state index contributed by atoms with van der Waals surface area (Å²) in [6.07, 6.45) is 3.62. The van der Waals surface area contributed by atoms with Gasteiger partial charge in [-0.2, -0.15) is 0 Å². The van der Waals surface area contributed by atoms with Crippen molar-refractivity contribution in [3.05, 3.63) is 47.5 Å². The Bertz CT molecular complexity index is 458. The molecule has 0 aliphatic rings. The highest BCUT2D eigenvalue weighted by atomic mass is 16.1. The molecule has 0 spiro atoms. The zero-order valence-corrected chi connectivity index (χ0v) is 7.28. The van der Waals surface area contributed by atoms with Crippen LogP contribution in [-0.2, 0) is 9.59 Å². The molecule has 0 aromatic heterocycles. The van der Waals surface area contributed by atoms with Crippen molar-refractivity contribution in [2.45, 2.75) is 0 Å². The van der Waals surface area contributed by atoms with Crippen LogP contribution in [0.1, 0.15) is 11.1 Å². The fourth-order valence-corrected chi connectivity index (χ4v) is 1.37. The standard InChI is InChI=1S/C12H6O2/c13-7-9-1-3-11-4-2-10(8-14)6-12(11)5-9/h1-6H. The van der Waals surface area contributed by atoms with Crippen LogP contribution in [0.4, 0.5) is 0 Å². The van der Waals surface area contributed by atoms with Gasteiger partial charge in [0.2, 0.25) is 12.6 Å².